The summed E-state index contributed by atoms with van der Waals surface area (Å²) in [5.74, 6) is 0.493. The molecule has 1 aromatic carbocycles. The van der Waals surface area contributed by atoms with Crippen molar-refractivity contribution in [3.63, 3.8) is 0 Å². The highest BCUT2D eigenvalue weighted by Gasteiger charge is 2.40. The van der Waals surface area contributed by atoms with Crippen molar-refractivity contribution in [2.45, 2.75) is 31.7 Å². The van der Waals surface area contributed by atoms with E-state index in [0.29, 0.717) is 38.4 Å². The molecule has 1 unspecified atom stereocenters. The molecule has 116 valence electrons. The Hall–Kier alpha value is -1.75. The third-order valence-corrected chi connectivity index (χ3v) is 3.71. The summed E-state index contributed by atoms with van der Waals surface area (Å²) < 4.78 is 16.1. The first-order chi connectivity index (χ1) is 10.2. The Morgan fingerprint density at radius 2 is 2.14 bits per heavy atom. The van der Waals surface area contributed by atoms with Crippen molar-refractivity contribution in [2.75, 3.05) is 32.2 Å². The van der Waals surface area contributed by atoms with Crippen LogP contribution in [0.15, 0.2) is 24.3 Å². The number of hydrogen-bond donors (Lipinski definition) is 1. The van der Waals surface area contributed by atoms with Gasteiger partial charge in [0.2, 0.25) is 0 Å². The van der Waals surface area contributed by atoms with Crippen LogP contribution in [0, 0.1) is 0 Å². The van der Waals surface area contributed by atoms with Gasteiger partial charge in [-0.3, -0.25) is 0 Å². The molecule has 1 fully saturated rings. The zero-order valence-electron chi connectivity index (χ0n) is 12.7. The van der Waals surface area contributed by atoms with Gasteiger partial charge in [0.05, 0.1) is 19.4 Å². The summed E-state index contributed by atoms with van der Waals surface area (Å²) >= 11 is 0. The third-order valence-electron chi connectivity index (χ3n) is 3.71. The molecule has 1 aliphatic heterocycles. The first-order valence-electron chi connectivity index (χ1n) is 7.38. The number of anilines is 1. The molecular formula is C16H23NO4. The molecule has 2 rings (SSSR count). The summed E-state index contributed by atoms with van der Waals surface area (Å²) in [4.78, 5) is 12.5. The van der Waals surface area contributed by atoms with Gasteiger partial charge in [-0.25, -0.2) is 4.79 Å². The van der Waals surface area contributed by atoms with Crippen LogP contribution in [0.3, 0.4) is 0 Å². The van der Waals surface area contributed by atoms with E-state index in [-0.39, 0.29) is 5.97 Å². The molecule has 5 nitrogen and oxygen atoms in total. The average molecular weight is 293 g/mol. The van der Waals surface area contributed by atoms with Crippen molar-refractivity contribution in [3.05, 3.63) is 24.3 Å². The zero-order valence-corrected chi connectivity index (χ0v) is 12.7. The minimum Gasteiger partial charge on any atom is -0.495 e. The Labute approximate surface area is 125 Å². The van der Waals surface area contributed by atoms with Gasteiger partial charge in [0.25, 0.3) is 0 Å². The molecule has 0 spiro atoms. The number of ether oxygens (including phenoxy) is 3. The Morgan fingerprint density at radius 3 is 2.90 bits per heavy atom. The van der Waals surface area contributed by atoms with E-state index in [1.165, 1.54) is 0 Å². The standard InChI is InChI=1S/C16H23NO4/c1-3-21-15(18)16(9-6-11-20-12-10-16)17-13-7-4-5-8-14(13)19-2/h4-5,7-8,17H,3,6,9-12H2,1-2H3. The normalized spacial score (nSPS) is 22.2. The smallest absolute Gasteiger partial charge is 0.331 e. The van der Waals surface area contributed by atoms with Crippen molar-refractivity contribution in [3.8, 4) is 5.75 Å². The van der Waals surface area contributed by atoms with Crippen LogP contribution in [0.5, 0.6) is 5.75 Å². The summed E-state index contributed by atoms with van der Waals surface area (Å²) in [5, 5.41) is 3.36. The van der Waals surface area contributed by atoms with Gasteiger partial charge in [-0.2, -0.15) is 0 Å². The number of hydrogen-bond acceptors (Lipinski definition) is 5. The number of carbonyl (C=O) groups excluding carboxylic acids is 1. The summed E-state index contributed by atoms with van der Waals surface area (Å²) in [7, 11) is 1.62. The van der Waals surface area contributed by atoms with Crippen LogP contribution in [0.2, 0.25) is 0 Å². The fraction of sp³-hybridized carbons (Fsp3) is 0.562. The molecule has 0 amide bonds. The van der Waals surface area contributed by atoms with E-state index < -0.39 is 5.54 Å². The number of para-hydroxylation sites is 2. The van der Waals surface area contributed by atoms with Gasteiger partial charge in [-0.15, -0.1) is 0 Å². The average Bonchev–Trinajstić information content (AvgIpc) is 2.75. The molecule has 1 N–H and O–H groups in total. The number of carbonyl (C=O) groups is 1. The predicted molar refractivity (Wildman–Crippen MR) is 80.7 cm³/mol. The molecule has 1 heterocycles. The molecule has 0 radical (unpaired) electrons. The quantitative estimate of drug-likeness (QED) is 0.846. The fourth-order valence-corrected chi connectivity index (χ4v) is 2.60. The van der Waals surface area contributed by atoms with E-state index >= 15 is 0 Å². The number of esters is 1. The third kappa shape index (κ3) is 3.67. The largest absolute Gasteiger partial charge is 0.495 e. The van der Waals surface area contributed by atoms with Crippen molar-refractivity contribution in [1.82, 2.24) is 0 Å². The van der Waals surface area contributed by atoms with Crippen LogP contribution in [0.1, 0.15) is 26.2 Å². The molecule has 1 aromatic rings. The Bertz CT molecular complexity index is 467. The Balaban J connectivity index is 2.28. The number of nitrogens with one attached hydrogen (secondary N) is 1. The molecule has 0 aliphatic carbocycles. The topological polar surface area (TPSA) is 56.8 Å². The molecule has 1 saturated heterocycles. The minimum atomic E-state index is -0.749. The molecule has 1 aliphatic rings. The molecular weight excluding hydrogens is 270 g/mol. The summed E-state index contributed by atoms with van der Waals surface area (Å²) in [5.41, 5.74) is 0.0520. The van der Waals surface area contributed by atoms with Crippen molar-refractivity contribution in [1.29, 1.82) is 0 Å². The predicted octanol–water partition coefficient (Wildman–Crippen LogP) is 2.61. The van der Waals surface area contributed by atoms with Crippen LogP contribution in [-0.4, -0.2) is 38.4 Å². The number of rotatable bonds is 5. The lowest BCUT2D eigenvalue weighted by Crippen LogP contribution is -2.48. The molecule has 0 aromatic heterocycles. The van der Waals surface area contributed by atoms with E-state index in [0.717, 1.165) is 12.1 Å². The highest BCUT2D eigenvalue weighted by atomic mass is 16.5. The summed E-state index contributed by atoms with van der Waals surface area (Å²) in [6, 6.07) is 7.59. The first kappa shape index (κ1) is 15.6. The number of benzene rings is 1. The lowest BCUT2D eigenvalue weighted by molar-refractivity contribution is -0.149. The molecule has 0 bridgehead atoms. The highest BCUT2D eigenvalue weighted by molar-refractivity contribution is 5.85. The van der Waals surface area contributed by atoms with Gasteiger partial charge in [0.1, 0.15) is 11.3 Å². The lowest BCUT2D eigenvalue weighted by atomic mass is 9.90. The van der Waals surface area contributed by atoms with Gasteiger partial charge < -0.3 is 19.5 Å². The minimum absolute atomic E-state index is 0.221. The van der Waals surface area contributed by atoms with Crippen LogP contribution in [0.25, 0.3) is 0 Å². The maximum atomic E-state index is 12.5. The second-order valence-electron chi connectivity index (χ2n) is 5.09. The molecule has 0 saturated carbocycles. The van der Waals surface area contributed by atoms with Gasteiger partial charge in [-0.05, 0) is 31.9 Å². The first-order valence-corrected chi connectivity index (χ1v) is 7.38. The van der Waals surface area contributed by atoms with Crippen molar-refractivity contribution >= 4 is 11.7 Å². The molecule has 1 atom stereocenters. The van der Waals surface area contributed by atoms with Crippen molar-refractivity contribution < 1.29 is 19.0 Å². The summed E-state index contributed by atoms with van der Waals surface area (Å²) in [6.45, 7) is 3.41. The van der Waals surface area contributed by atoms with E-state index in [2.05, 4.69) is 5.32 Å². The van der Waals surface area contributed by atoms with E-state index in [1.54, 1.807) is 7.11 Å². The summed E-state index contributed by atoms with van der Waals surface area (Å²) in [6.07, 6.45) is 2.09. The fourth-order valence-electron chi connectivity index (χ4n) is 2.60. The second-order valence-corrected chi connectivity index (χ2v) is 5.09. The van der Waals surface area contributed by atoms with Crippen LogP contribution >= 0.6 is 0 Å². The zero-order chi connectivity index (χ0) is 15.1. The highest BCUT2D eigenvalue weighted by Crippen LogP contribution is 2.32. The van der Waals surface area contributed by atoms with Crippen LogP contribution in [0.4, 0.5) is 5.69 Å². The SMILES string of the molecule is CCOC(=O)C1(Nc2ccccc2OC)CCCOCC1. The van der Waals surface area contributed by atoms with Gasteiger partial charge >= 0.3 is 5.97 Å². The lowest BCUT2D eigenvalue weighted by Gasteiger charge is -2.32. The van der Waals surface area contributed by atoms with Gasteiger partial charge in [0, 0.05) is 19.6 Å². The second kappa shape index (κ2) is 7.31. The van der Waals surface area contributed by atoms with E-state index in [4.69, 9.17) is 14.2 Å². The Kier molecular flexibility index (Phi) is 5.44. The van der Waals surface area contributed by atoms with Crippen molar-refractivity contribution in [2.24, 2.45) is 0 Å². The molecule has 5 heteroatoms. The Morgan fingerprint density at radius 1 is 1.33 bits per heavy atom. The van der Waals surface area contributed by atoms with Crippen LogP contribution in [-0.2, 0) is 14.3 Å². The van der Waals surface area contributed by atoms with Gasteiger partial charge in [-0.1, -0.05) is 12.1 Å². The maximum Gasteiger partial charge on any atom is 0.331 e. The van der Waals surface area contributed by atoms with Gasteiger partial charge in [0.15, 0.2) is 0 Å². The molecule has 21 heavy (non-hydrogen) atoms. The van der Waals surface area contributed by atoms with E-state index in [1.807, 2.05) is 31.2 Å². The van der Waals surface area contributed by atoms with Crippen LogP contribution < -0.4 is 10.1 Å². The monoisotopic (exact) mass is 293 g/mol. The maximum absolute atomic E-state index is 12.5. The van der Waals surface area contributed by atoms with E-state index in [9.17, 15) is 4.79 Å². The number of methoxy groups -OCH3 is 1.